The van der Waals surface area contributed by atoms with Crippen LogP contribution in [-0.2, 0) is 9.53 Å². The van der Waals surface area contributed by atoms with Gasteiger partial charge in [-0.05, 0) is 52.0 Å². The van der Waals surface area contributed by atoms with Gasteiger partial charge in [-0.1, -0.05) is 6.92 Å². The van der Waals surface area contributed by atoms with Gasteiger partial charge >= 0.3 is 5.97 Å². The number of rotatable bonds is 9. The lowest BCUT2D eigenvalue weighted by atomic mass is 9.94. The first-order chi connectivity index (χ1) is 10.0. The minimum absolute atomic E-state index is 0.375. The summed E-state index contributed by atoms with van der Waals surface area (Å²) in [6.45, 7) is 7.90. The monoisotopic (exact) mass is 298 g/mol. The van der Waals surface area contributed by atoms with Gasteiger partial charge in [0.05, 0.1) is 12.7 Å². The summed E-state index contributed by atoms with van der Waals surface area (Å²) in [5, 5.41) is 12.7. The lowest BCUT2D eigenvalue weighted by molar-refractivity contribution is -0.144. The number of aliphatic carboxylic acids is 1. The number of nitrogens with one attached hydrogen (secondary N) is 1. The van der Waals surface area contributed by atoms with Crippen molar-refractivity contribution < 1.29 is 14.6 Å². The highest BCUT2D eigenvalue weighted by atomic mass is 16.5. The second-order valence-corrected chi connectivity index (χ2v) is 6.71. The van der Waals surface area contributed by atoms with Gasteiger partial charge in [0, 0.05) is 19.1 Å². The van der Waals surface area contributed by atoms with Gasteiger partial charge in [0.1, 0.15) is 5.54 Å². The number of carboxylic acid groups (broad SMARTS) is 1. The van der Waals surface area contributed by atoms with Gasteiger partial charge in [-0.15, -0.1) is 0 Å². The number of hydrogen-bond acceptors (Lipinski definition) is 4. The van der Waals surface area contributed by atoms with Crippen LogP contribution in [-0.4, -0.2) is 59.9 Å². The third-order valence-corrected chi connectivity index (χ3v) is 4.65. The van der Waals surface area contributed by atoms with Gasteiger partial charge in [-0.3, -0.25) is 15.0 Å². The summed E-state index contributed by atoms with van der Waals surface area (Å²) < 4.78 is 5.67. The van der Waals surface area contributed by atoms with Crippen molar-refractivity contribution in [2.45, 2.75) is 70.1 Å². The zero-order valence-electron chi connectivity index (χ0n) is 13.4. The topological polar surface area (TPSA) is 61.8 Å². The van der Waals surface area contributed by atoms with E-state index in [4.69, 9.17) is 4.74 Å². The molecule has 0 amide bonds. The maximum atomic E-state index is 11.5. The summed E-state index contributed by atoms with van der Waals surface area (Å²) in [4.78, 5) is 13.9. The van der Waals surface area contributed by atoms with Crippen LogP contribution in [0.15, 0.2) is 0 Å². The van der Waals surface area contributed by atoms with Gasteiger partial charge in [0.15, 0.2) is 0 Å². The Hall–Kier alpha value is -0.650. The molecule has 2 fully saturated rings. The van der Waals surface area contributed by atoms with E-state index < -0.39 is 11.5 Å². The average Bonchev–Trinajstić information content (AvgIpc) is 3.27. The number of unbranched alkanes of at least 4 members (excludes halogenated alkanes) is 1. The van der Waals surface area contributed by atoms with E-state index in [9.17, 15) is 9.90 Å². The number of nitrogens with zero attached hydrogens (tertiary/aromatic N) is 1. The fourth-order valence-corrected chi connectivity index (χ4v) is 2.96. The highest BCUT2D eigenvalue weighted by molar-refractivity contribution is 5.78. The molecule has 0 aromatic rings. The summed E-state index contributed by atoms with van der Waals surface area (Å²) in [7, 11) is 0. The van der Waals surface area contributed by atoms with Crippen molar-refractivity contribution in [3.05, 3.63) is 0 Å². The van der Waals surface area contributed by atoms with E-state index in [0.717, 1.165) is 58.3 Å². The molecule has 0 aromatic heterocycles. The maximum absolute atomic E-state index is 11.5. The Morgan fingerprint density at radius 3 is 2.81 bits per heavy atom. The molecule has 2 rings (SSSR count). The molecular weight excluding hydrogens is 268 g/mol. The number of carboxylic acids is 1. The Morgan fingerprint density at radius 2 is 2.19 bits per heavy atom. The maximum Gasteiger partial charge on any atom is 0.323 e. The first kappa shape index (κ1) is 16.7. The molecular formula is C16H30N2O3. The van der Waals surface area contributed by atoms with Crippen LogP contribution in [0.1, 0.15) is 52.4 Å². The molecule has 1 heterocycles. The third-order valence-electron chi connectivity index (χ3n) is 4.65. The van der Waals surface area contributed by atoms with Crippen molar-refractivity contribution in [1.82, 2.24) is 10.2 Å². The van der Waals surface area contributed by atoms with Gasteiger partial charge in [-0.2, -0.15) is 0 Å². The van der Waals surface area contributed by atoms with Crippen molar-refractivity contribution in [3.8, 4) is 0 Å². The number of carbonyl (C=O) groups is 1. The van der Waals surface area contributed by atoms with Gasteiger partial charge < -0.3 is 9.84 Å². The second-order valence-electron chi connectivity index (χ2n) is 6.71. The molecule has 1 saturated carbocycles. The van der Waals surface area contributed by atoms with E-state index >= 15 is 0 Å². The first-order valence-electron chi connectivity index (χ1n) is 8.38. The third kappa shape index (κ3) is 5.24. The largest absolute Gasteiger partial charge is 0.480 e. The Balaban J connectivity index is 1.66. The predicted octanol–water partition coefficient (Wildman–Crippen LogP) is 1.86. The van der Waals surface area contributed by atoms with E-state index in [1.807, 2.05) is 6.92 Å². The second kappa shape index (κ2) is 7.56. The summed E-state index contributed by atoms with van der Waals surface area (Å²) in [5.41, 5.74) is -0.752. The molecule has 0 bridgehead atoms. The number of hydrogen-bond donors (Lipinski definition) is 2. The highest BCUT2D eigenvalue weighted by Crippen LogP contribution is 2.25. The van der Waals surface area contributed by atoms with Crippen LogP contribution in [0.25, 0.3) is 0 Å². The van der Waals surface area contributed by atoms with Crippen LogP contribution in [0.3, 0.4) is 0 Å². The van der Waals surface area contributed by atoms with E-state index in [2.05, 4.69) is 17.1 Å². The number of ether oxygens (including phenoxy) is 1. The van der Waals surface area contributed by atoms with Gasteiger partial charge in [-0.25, -0.2) is 0 Å². The normalized spacial score (nSPS) is 26.5. The SMILES string of the molecule is CCC1CN(CCCCC(C)(NC2CC2)C(=O)O)CCO1. The standard InChI is InChI=1S/C16H30N2O3/c1-3-14-12-18(10-11-21-14)9-5-4-8-16(2,15(19)20)17-13-6-7-13/h13-14,17H,3-12H2,1-2H3,(H,19,20). The Kier molecular flexibility index (Phi) is 6.02. The van der Waals surface area contributed by atoms with E-state index in [-0.39, 0.29) is 0 Å². The average molecular weight is 298 g/mol. The van der Waals surface area contributed by atoms with Crippen LogP contribution < -0.4 is 5.32 Å². The summed E-state index contributed by atoms with van der Waals surface area (Å²) in [5.74, 6) is -0.716. The van der Waals surface area contributed by atoms with Crippen molar-refractivity contribution in [1.29, 1.82) is 0 Å². The quantitative estimate of drug-likeness (QED) is 0.636. The van der Waals surface area contributed by atoms with E-state index in [0.29, 0.717) is 18.6 Å². The summed E-state index contributed by atoms with van der Waals surface area (Å²) >= 11 is 0. The van der Waals surface area contributed by atoms with Crippen molar-refractivity contribution >= 4 is 5.97 Å². The van der Waals surface area contributed by atoms with Crippen molar-refractivity contribution in [2.24, 2.45) is 0 Å². The Morgan fingerprint density at radius 1 is 1.43 bits per heavy atom. The Labute approximate surface area is 128 Å². The van der Waals surface area contributed by atoms with Gasteiger partial charge in [0.2, 0.25) is 0 Å². The minimum atomic E-state index is -0.752. The van der Waals surface area contributed by atoms with E-state index in [1.165, 1.54) is 0 Å². The van der Waals surface area contributed by atoms with Crippen LogP contribution >= 0.6 is 0 Å². The van der Waals surface area contributed by atoms with Crippen molar-refractivity contribution in [3.63, 3.8) is 0 Å². The van der Waals surface area contributed by atoms with Crippen LogP contribution in [0, 0.1) is 0 Å². The molecule has 2 unspecified atom stereocenters. The molecule has 5 heteroatoms. The molecule has 1 saturated heterocycles. The molecule has 5 nitrogen and oxygen atoms in total. The van der Waals surface area contributed by atoms with Crippen LogP contribution in [0.2, 0.25) is 0 Å². The summed E-state index contributed by atoms with van der Waals surface area (Å²) in [6.07, 6.45) is 6.41. The molecule has 1 aliphatic carbocycles. The lowest BCUT2D eigenvalue weighted by Gasteiger charge is -2.33. The van der Waals surface area contributed by atoms with E-state index in [1.54, 1.807) is 0 Å². The van der Waals surface area contributed by atoms with Crippen molar-refractivity contribution in [2.75, 3.05) is 26.2 Å². The zero-order chi connectivity index (χ0) is 15.3. The molecule has 2 aliphatic rings. The fourth-order valence-electron chi connectivity index (χ4n) is 2.96. The highest BCUT2D eigenvalue weighted by Gasteiger charge is 2.37. The Bertz CT molecular complexity index is 346. The lowest BCUT2D eigenvalue weighted by Crippen LogP contribution is -2.50. The molecule has 0 aromatic carbocycles. The van der Waals surface area contributed by atoms with Gasteiger partial charge in [0.25, 0.3) is 0 Å². The summed E-state index contributed by atoms with van der Waals surface area (Å²) in [6, 6.07) is 0.427. The van der Waals surface area contributed by atoms with Crippen LogP contribution in [0.4, 0.5) is 0 Å². The molecule has 2 N–H and O–H groups in total. The fraction of sp³-hybridized carbons (Fsp3) is 0.938. The molecule has 21 heavy (non-hydrogen) atoms. The smallest absolute Gasteiger partial charge is 0.323 e. The molecule has 2 atom stereocenters. The first-order valence-corrected chi connectivity index (χ1v) is 8.38. The minimum Gasteiger partial charge on any atom is -0.480 e. The zero-order valence-corrected chi connectivity index (χ0v) is 13.4. The molecule has 0 radical (unpaired) electrons. The predicted molar refractivity (Wildman–Crippen MR) is 82.5 cm³/mol. The molecule has 0 spiro atoms. The molecule has 1 aliphatic heterocycles. The molecule has 122 valence electrons. The number of morpholine rings is 1. The van der Waals surface area contributed by atoms with Crippen LogP contribution in [0.5, 0.6) is 0 Å².